The number of piperidine rings is 1. The zero-order valence-corrected chi connectivity index (χ0v) is 22.8. The molecular weight excluding hydrogens is 499 g/mol. The highest BCUT2D eigenvalue weighted by molar-refractivity contribution is 5.61. The van der Waals surface area contributed by atoms with Crippen molar-refractivity contribution in [2.45, 2.75) is 63.2 Å². The van der Waals surface area contributed by atoms with Crippen molar-refractivity contribution in [3.63, 3.8) is 0 Å². The Kier molecular flexibility index (Phi) is 9.39. The number of tetrazole rings is 1. The normalized spacial score (nSPS) is 21.8. The minimum Gasteiger partial charge on any atom is -0.490 e. The number of benzene rings is 2. The molecule has 3 aromatic rings. The zero-order valence-electron chi connectivity index (χ0n) is 22.8. The molecule has 39 heavy (non-hydrogen) atoms. The van der Waals surface area contributed by atoms with Crippen LogP contribution in [0.5, 0.6) is 5.75 Å². The van der Waals surface area contributed by atoms with Gasteiger partial charge in [-0.15, -0.1) is 5.10 Å². The molecule has 9 nitrogen and oxygen atoms in total. The molecule has 0 amide bonds. The van der Waals surface area contributed by atoms with Crippen molar-refractivity contribution < 1.29 is 18.6 Å². The average Bonchev–Trinajstić information content (AvgIpc) is 3.51. The number of nitrogens with one attached hydrogen (secondary N) is 2. The lowest BCUT2D eigenvalue weighted by Gasteiger charge is -2.38. The van der Waals surface area contributed by atoms with E-state index in [0.717, 1.165) is 80.3 Å². The molecule has 3 heterocycles. The number of methoxy groups -OCH3 is 1. The first-order valence-corrected chi connectivity index (χ1v) is 14.0. The Hall–Kier alpha value is -3.08. The lowest BCUT2D eigenvalue weighted by atomic mass is 9.81. The Bertz CT molecular complexity index is 1160. The van der Waals surface area contributed by atoms with Crippen molar-refractivity contribution >= 4 is 5.69 Å². The highest BCUT2D eigenvalue weighted by Gasteiger charge is 2.34. The first-order valence-electron chi connectivity index (χ1n) is 14.0. The summed E-state index contributed by atoms with van der Waals surface area (Å²) < 4.78 is 31.5. The van der Waals surface area contributed by atoms with E-state index in [2.05, 4.69) is 49.9 Å². The van der Waals surface area contributed by atoms with Crippen LogP contribution in [0.2, 0.25) is 0 Å². The number of rotatable bonds is 12. The minimum atomic E-state index is -0.225. The van der Waals surface area contributed by atoms with E-state index in [1.807, 2.05) is 18.2 Å². The summed E-state index contributed by atoms with van der Waals surface area (Å²) in [4.78, 5) is 2.36. The SMILES string of the molecule is CC[C@H](C[C@H]1C[C@H](c2ccc(F)cc2)[C@@H](OCc2ccc3c(c2)N(CCCOC)CCO3)CN1)c1nnn[nH]1. The van der Waals surface area contributed by atoms with E-state index in [9.17, 15) is 4.39 Å². The van der Waals surface area contributed by atoms with Gasteiger partial charge in [0.1, 0.15) is 18.2 Å². The van der Waals surface area contributed by atoms with Crippen LogP contribution in [-0.2, 0) is 16.1 Å². The van der Waals surface area contributed by atoms with Crippen molar-refractivity contribution in [2.75, 3.05) is 44.9 Å². The van der Waals surface area contributed by atoms with Gasteiger partial charge in [0.2, 0.25) is 0 Å². The summed E-state index contributed by atoms with van der Waals surface area (Å²) in [6, 6.07) is 13.5. The maximum atomic E-state index is 13.8. The summed E-state index contributed by atoms with van der Waals surface area (Å²) in [6.45, 7) is 6.59. The molecule has 4 atom stereocenters. The topological polar surface area (TPSA) is 97.4 Å². The van der Waals surface area contributed by atoms with E-state index in [4.69, 9.17) is 14.2 Å². The van der Waals surface area contributed by atoms with Crippen molar-refractivity contribution in [3.8, 4) is 5.75 Å². The molecule has 210 valence electrons. The number of hydrogen-bond acceptors (Lipinski definition) is 8. The predicted octanol–water partition coefficient (Wildman–Crippen LogP) is 4.19. The van der Waals surface area contributed by atoms with Crippen molar-refractivity contribution in [1.82, 2.24) is 25.9 Å². The lowest BCUT2D eigenvalue weighted by Crippen LogP contribution is -2.47. The van der Waals surface area contributed by atoms with Crippen molar-refractivity contribution in [2.24, 2.45) is 0 Å². The third-order valence-corrected chi connectivity index (χ3v) is 7.93. The smallest absolute Gasteiger partial charge is 0.151 e. The molecule has 0 saturated carbocycles. The molecule has 0 aliphatic carbocycles. The molecule has 0 unspecified atom stereocenters. The fourth-order valence-electron chi connectivity index (χ4n) is 5.78. The van der Waals surface area contributed by atoms with Gasteiger partial charge < -0.3 is 24.4 Å². The van der Waals surface area contributed by atoms with Crippen molar-refractivity contribution in [3.05, 3.63) is 65.2 Å². The van der Waals surface area contributed by atoms with Crippen LogP contribution in [0.1, 0.15) is 61.4 Å². The standard InChI is InChI=1S/C29H39FN6O3/c1-3-21(29-32-34-35-33-29)16-24-17-25(22-6-8-23(30)9-7-22)28(18-31-24)39-19-20-5-10-27-26(15-20)36(12-14-38-27)11-4-13-37-2/h5-10,15,21,24-25,28,31H,3-4,11-14,16-19H2,1-2H3,(H,32,33,34,35)/t21-,24+,25-,28+/m1/s1. The molecule has 0 bridgehead atoms. The number of hydrogen-bond donors (Lipinski definition) is 2. The first kappa shape index (κ1) is 27.5. The van der Waals surface area contributed by atoms with E-state index < -0.39 is 0 Å². The van der Waals surface area contributed by atoms with Gasteiger partial charge in [0.25, 0.3) is 0 Å². The molecule has 2 aromatic carbocycles. The largest absolute Gasteiger partial charge is 0.490 e. The molecule has 2 aliphatic rings. The Labute approximate surface area is 229 Å². The van der Waals surface area contributed by atoms with Gasteiger partial charge in [-0.05, 0) is 71.5 Å². The van der Waals surface area contributed by atoms with E-state index in [1.54, 1.807) is 19.2 Å². The van der Waals surface area contributed by atoms with Crippen molar-refractivity contribution in [1.29, 1.82) is 0 Å². The lowest BCUT2D eigenvalue weighted by molar-refractivity contribution is 0.00165. The number of fused-ring (bicyclic) bond motifs is 1. The van der Waals surface area contributed by atoms with E-state index in [-0.39, 0.29) is 29.8 Å². The highest BCUT2D eigenvalue weighted by atomic mass is 19.1. The second-order valence-electron chi connectivity index (χ2n) is 10.5. The average molecular weight is 539 g/mol. The summed E-state index contributed by atoms with van der Waals surface area (Å²) in [5, 5.41) is 18.3. The molecule has 10 heteroatoms. The van der Waals surface area contributed by atoms with Crippen LogP contribution >= 0.6 is 0 Å². The Balaban J connectivity index is 1.27. The minimum absolute atomic E-state index is 0.0381. The summed E-state index contributed by atoms with van der Waals surface area (Å²) in [5.74, 6) is 1.91. The quantitative estimate of drug-likeness (QED) is 0.332. The Morgan fingerprint density at radius 3 is 2.85 bits per heavy atom. The molecule has 0 spiro atoms. The van der Waals surface area contributed by atoms with Gasteiger partial charge >= 0.3 is 0 Å². The highest BCUT2D eigenvalue weighted by Crippen LogP contribution is 2.36. The first-order chi connectivity index (χ1) is 19.1. The predicted molar refractivity (Wildman–Crippen MR) is 147 cm³/mol. The third-order valence-electron chi connectivity index (χ3n) is 7.93. The monoisotopic (exact) mass is 538 g/mol. The number of aromatic nitrogens is 4. The zero-order chi connectivity index (χ0) is 27.0. The number of nitrogens with zero attached hydrogens (tertiary/aromatic N) is 4. The summed E-state index contributed by atoms with van der Waals surface area (Å²) >= 11 is 0. The van der Waals surface area contributed by atoms with Crippen LogP contribution in [0.3, 0.4) is 0 Å². The number of halogens is 1. The number of anilines is 1. The van der Waals surface area contributed by atoms with E-state index in [0.29, 0.717) is 13.2 Å². The van der Waals surface area contributed by atoms with Gasteiger partial charge in [-0.2, -0.15) is 0 Å². The van der Waals surface area contributed by atoms with Gasteiger partial charge in [-0.1, -0.05) is 25.1 Å². The molecule has 1 saturated heterocycles. The van der Waals surface area contributed by atoms with E-state index in [1.165, 1.54) is 0 Å². The Morgan fingerprint density at radius 2 is 2.08 bits per heavy atom. The maximum Gasteiger partial charge on any atom is 0.151 e. The van der Waals surface area contributed by atoms with Gasteiger partial charge in [0.05, 0.1) is 24.9 Å². The van der Waals surface area contributed by atoms with Gasteiger partial charge in [-0.3, -0.25) is 0 Å². The molecule has 5 rings (SSSR count). The number of ether oxygens (including phenoxy) is 3. The summed E-state index contributed by atoms with van der Waals surface area (Å²) in [5.41, 5.74) is 3.33. The molecular formula is C29H39FN6O3. The third kappa shape index (κ3) is 6.93. The van der Waals surface area contributed by atoms with Crippen LogP contribution < -0.4 is 15.0 Å². The maximum absolute atomic E-state index is 13.8. The molecule has 2 N–H and O–H groups in total. The van der Waals surface area contributed by atoms with E-state index >= 15 is 0 Å². The fourth-order valence-corrected chi connectivity index (χ4v) is 5.78. The van der Waals surface area contributed by atoms with Crippen LogP contribution in [0.15, 0.2) is 42.5 Å². The summed E-state index contributed by atoms with van der Waals surface area (Å²) in [7, 11) is 1.74. The van der Waals surface area contributed by atoms with Gasteiger partial charge in [0.15, 0.2) is 5.82 Å². The second kappa shape index (κ2) is 13.3. The molecule has 1 fully saturated rings. The molecule has 2 aliphatic heterocycles. The summed E-state index contributed by atoms with van der Waals surface area (Å²) in [6.07, 6.45) is 3.68. The van der Waals surface area contributed by atoms with Crippen LogP contribution in [-0.4, -0.2) is 72.7 Å². The molecule has 0 radical (unpaired) electrons. The second-order valence-corrected chi connectivity index (χ2v) is 10.5. The van der Waals surface area contributed by atoms with Gasteiger partial charge in [0, 0.05) is 44.7 Å². The van der Waals surface area contributed by atoms with Gasteiger partial charge in [-0.25, -0.2) is 9.49 Å². The van der Waals surface area contributed by atoms with Crippen LogP contribution in [0.4, 0.5) is 10.1 Å². The Morgan fingerprint density at radius 1 is 1.21 bits per heavy atom. The fraction of sp³-hybridized carbons (Fsp3) is 0.552. The van der Waals surface area contributed by atoms with Crippen LogP contribution in [0.25, 0.3) is 0 Å². The number of aromatic amines is 1. The van der Waals surface area contributed by atoms with Crippen LogP contribution in [0, 0.1) is 5.82 Å². The molecule has 1 aromatic heterocycles. The number of H-pyrrole nitrogens is 1.